The second-order valence-electron chi connectivity index (χ2n) is 4.55. The van der Waals surface area contributed by atoms with Crippen LogP contribution in [0.2, 0.25) is 0 Å². The lowest BCUT2D eigenvalue weighted by molar-refractivity contribution is 0.323. The molecule has 2 heterocycles. The Morgan fingerprint density at radius 1 is 1.53 bits per heavy atom. The van der Waals surface area contributed by atoms with E-state index in [1.165, 1.54) is 11.3 Å². The molecule has 90 valence electrons. The number of nitrogens with one attached hydrogen (secondary N) is 1. The lowest BCUT2D eigenvalue weighted by Crippen LogP contribution is -2.27. The quantitative estimate of drug-likeness (QED) is 0.846. The van der Waals surface area contributed by atoms with Crippen LogP contribution in [0.1, 0.15) is 43.0 Å². The van der Waals surface area contributed by atoms with Gasteiger partial charge in [-0.05, 0) is 24.5 Å². The van der Waals surface area contributed by atoms with Gasteiger partial charge in [0.25, 0.3) is 6.02 Å². The molecule has 0 bridgehead atoms. The molecule has 1 aromatic heterocycles. The van der Waals surface area contributed by atoms with E-state index in [4.69, 9.17) is 4.74 Å². The number of amidine groups is 1. The predicted octanol–water partition coefficient (Wildman–Crippen LogP) is 2.00. The molecular formula is C13H17N3O. The monoisotopic (exact) mass is 231 g/mol. The summed E-state index contributed by atoms with van der Waals surface area (Å²) in [6, 6.07) is 5.16. The lowest BCUT2D eigenvalue weighted by Gasteiger charge is -2.14. The Morgan fingerprint density at radius 2 is 2.47 bits per heavy atom. The van der Waals surface area contributed by atoms with Crippen LogP contribution in [0, 0.1) is 0 Å². The van der Waals surface area contributed by atoms with Crippen LogP contribution in [0.5, 0.6) is 0 Å². The van der Waals surface area contributed by atoms with Crippen LogP contribution in [-0.2, 0) is 4.74 Å². The maximum absolute atomic E-state index is 5.42. The van der Waals surface area contributed by atoms with Crippen molar-refractivity contribution in [2.24, 2.45) is 4.99 Å². The Hall–Kier alpha value is -1.58. The molecule has 1 N–H and O–H groups in total. The molecule has 2 unspecified atom stereocenters. The number of hydrogen-bond acceptors (Lipinski definition) is 4. The molecule has 4 nitrogen and oxygen atoms in total. The summed E-state index contributed by atoms with van der Waals surface area (Å²) in [7, 11) is 0. The Kier molecular flexibility index (Phi) is 2.71. The first-order valence-corrected chi connectivity index (χ1v) is 6.27. The highest BCUT2D eigenvalue weighted by Crippen LogP contribution is 2.40. The van der Waals surface area contributed by atoms with Gasteiger partial charge in [-0.1, -0.05) is 13.0 Å². The van der Waals surface area contributed by atoms with Crippen molar-refractivity contribution in [1.82, 2.24) is 10.3 Å². The molecule has 1 aromatic rings. The van der Waals surface area contributed by atoms with E-state index in [9.17, 15) is 0 Å². The van der Waals surface area contributed by atoms with Crippen LogP contribution in [0.25, 0.3) is 0 Å². The summed E-state index contributed by atoms with van der Waals surface area (Å²) in [6.07, 6.45) is 4.11. The zero-order valence-electron chi connectivity index (χ0n) is 10.0. The standard InChI is InChI=1S/C13H17N3O/c1-2-9-8-11(16-13-15-6-7-17-13)10-4-3-5-14-12(9)10/h3-5,9,11H,2,6-8H2,1H3,(H,15,16). The first-order chi connectivity index (χ1) is 8.38. The van der Waals surface area contributed by atoms with E-state index in [2.05, 4.69) is 28.3 Å². The van der Waals surface area contributed by atoms with Crippen molar-refractivity contribution in [3.05, 3.63) is 29.6 Å². The molecule has 4 heteroatoms. The molecule has 0 aromatic carbocycles. The summed E-state index contributed by atoms with van der Waals surface area (Å²) in [5.41, 5.74) is 2.55. The van der Waals surface area contributed by atoms with Gasteiger partial charge in [0.05, 0.1) is 12.6 Å². The van der Waals surface area contributed by atoms with Gasteiger partial charge in [-0.15, -0.1) is 0 Å². The summed E-state index contributed by atoms with van der Waals surface area (Å²) in [6.45, 7) is 3.69. The molecule has 1 aliphatic heterocycles. The van der Waals surface area contributed by atoms with Gasteiger partial charge in [0.2, 0.25) is 0 Å². The molecular weight excluding hydrogens is 214 g/mol. The van der Waals surface area contributed by atoms with Gasteiger partial charge in [0.15, 0.2) is 0 Å². The van der Waals surface area contributed by atoms with E-state index in [1.54, 1.807) is 0 Å². The first-order valence-electron chi connectivity index (χ1n) is 6.27. The van der Waals surface area contributed by atoms with Crippen LogP contribution in [0.3, 0.4) is 0 Å². The van der Waals surface area contributed by atoms with Crippen molar-refractivity contribution in [2.45, 2.75) is 31.7 Å². The Morgan fingerprint density at radius 3 is 3.24 bits per heavy atom. The number of rotatable bonds is 2. The van der Waals surface area contributed by atoms with Crippen LogP contribution >= 0.6 is 0 Å². The Balaban J connectivity index is 1.83. The number of fused-ring (bicyclic) bond motifs is 1. The Bertz CT molecular complexity index is 444. The molecule has 2 atom stereocenters. The zero-order valence-corrected chi connectivity index (χ0v) is 10.0. The van der Waals surface area contributed by atoms with E-state index in [1.807, 2.05) is 12.3 Å². The van der Waals surface area contributed by atoms with Crippen molar-refractivity contribution >= 4 is 6.02 Å². The highest BCUT2D eigenvalue weighted by Gasteiger charge is 2.31. The molecule has 0 saturated carbocycles. The maximum atomic E-state index is 5.42. The summed E-state index contributed by atoms with van der Waals surface area (Å²) in [4.78, 5) is 8.80. The van der Waals surface area contributed by atoms with Gasteiger partial charge in [-0.25, -0.2) is 4.99 Å². The predicted molar refractivity (Wildman–Crippen MR) is 66.0 cm³/mol. The van der Waals surface area contributed by atoms with Gasteiger partial charge in [0.1, 0.15) is 6.61 Å². The van der Waals surface area contributed by atoms with Gasteiger partial charge in [-0.3, -0.25) is 4.98 Å². The van der Waals surface area contributed by atoms with Crippen molar-refractivity contribution in [3.63, 3.8) is 0 Å². The fourth-order valence-corrected chi connectivity index (χ4v) is 2.66. The molecule has 0 fully saturated rings. The van der Waals surface area contributed by atoms with E-state index in [0.29, 0.717) is 24.6 Å². The highest BCUT2D eigenvalue weighted by atomic mass is 16.5. The normalized spacial score (nSPS) is 26.3. The molecule has 2 aliphatic rings. The van der Waals surface area contributed by atoms with Gasteiger partial charge in [0, 0.05) is 17.8 Å². The number of aromatic nitrogens is 1. The van der Waals surface area contributed by atoms with Crippen LogP contribution in [0.4, 0.5) is 0 Å². The second kappa shape index (κ2) is 4.35. The average Bonchev–Trinajstić information content (AvgIpc) is 2.98. The fraction of sp³-hybridized carbons (Fsp3) is 0.538. The molecule has 0 radical (unpaired) electrons. The van der Waals surface area contributed by atoms with Crippen molar-refractivity contribution < 1.29 is 4.74 Å². The minimum atomic E-state index is 0.306. The number of pyridine rings is 1. The number of hydrogen-bond donors (Lipinski definition) is 1. The topological polar surface area (TPSA) is 46.5 Å². The van der Waals surface area contributed by atoms with Crippen molar-refractivity contribution in [2.75, 3.05) is 13.2 Å². The average molecular weight is 231 g/mol. The van der Waals surface area contributed by atoms with E-state index < -0.39 is 0 Å². The summed E-state index contributed by atoms with van der Waals surface area (Å²) in [5.74, 6) is 0.561. The third kappa shape index (κ3) is 1.88. The van der Waals surface area contributed by atoms with Crippen LogP contribution < -0.4 is 5.32 Å². The van der Waals surface area contributed by atoms with Crippen LogP contribution in [-0.4, -0.2) is 24.2 Å². The van der Waals surface area contributed by atoms with Crippen LogP contribution in [0.15, 0.2) is 23.3 Å². The van der Waals surface area contributed by atoms with Gasteiger partial charge >= 0.3 is 0 Å². The molecule has 1 aliphatic carbocycles. The summed E-state index contributed by atoms with van der Waals surface area (Å²) in [5, 5.41) is 3.39. The Labute approximate surface area is 101 Å². The minimum Gasteiger partial charge on any atom is -0.463 e. The van der Waals surface area contributed by atoms with Gasteiger partial charge in [-0.2, -0.15) is 0 Å². The molecule has 17 heavy (non-hydrogen) atoms. The van der Waals surface area contributed by atoms with E-state index >= 15 is 0 Å². The zero-order chi connectivity index (χ0) is 11.7. The molecule has 0 amide bonds. The number of nitrogens with zero attached hydrogens (tertiary/aromatic N) is 2. The summed E-state index contributed by atoms with van der Waals surface area (Å²) < 4.78 is 5.42. The van der Waals surface area contributed by atoms with Gasteiger partial charge < -0.3 is 10.1 Å². The SMILES string of the molecule is CCC1CC(NC2=NCCO2)c2cccnc21. The van der Waals surface area contributed by atoms with Crippen molar-refractivity contribution in [1.29, 1.82) is 0 Å². The van der Waals surface area contributed by atoms with E-state index in [-0.39, 0.29) is 0 Å². The third-order valence-corrected chi connectivity index (χ3v) is 3.53. The lowest BCUT2D eigenvalue weighted by atomic mass is 10.0. The second-order valence-corrected chi connectivity index (χ2v) is 4.55. The molecule has 3 rings (SSSR count). The maximum Gasteiger partial charge on any atom is 0.285 e. The summed E-state index contributed by atoms with van der Waals surface area (Å²) >= 11 is 0. The largest absolute Gasteiger partial charge is 0.463 e. The van der Waals surface area contributed by atoms with E-state index in [0.717, 1.165) is 19.4 Å². The first kappa shape index (κ1) is 10.6. The highest BCUT2D eigenvalue weighted by molar-refractivity contribution is 5.75. The molecule has 0 spiro atoms. The fourth-order valence-electron chi connectivity index (χ4n) is 2.66. The van der Waals surface area contributed by atoms with Crippen molar-refractivity contribution in [3.8, 4) is 0 Å². The minimum absolute atomic E-state index is 0.306. The number of aliphatic imine (C=N–C) groups is 1. The third-order valence-electron chi connectivity index (χ3n) is 3.53. The smallest absolute Gasteiger partial charge is 0.285 e. The number of ether oxygens (including phenoxy) is 1. The molecule has 0 saturated heterocycles.